The number of carbonyl (C=O) groups is 1. The Labute approximate surface area is 118 Å². The van der Waals surface area contributed by atoms with Crippen molar-refractivity contribution in [3.8, 4) is 5.88 Å². The highest BCUT2D eigenvalue weighted by molar-refractivity contribution is 5.77. The lowest BCUT2D eigenvalue weighted by atomic mass is 10.3. The number of ether oxygens (including phenoxy) is 2. The van der Waals surface area contributed by atoms with Crippen molar-refractivity contribution in [3.05, 3.63) is 17.8 Å². The minimum atomic E-state index is -4.56. The molecule has 1 aromatic rings. The van der Waals surface area contributed by atoms with E-state index >= 15 is 0 Å². The van der Waals surface area contributed by atoms with E-state index in [0.29, 0.717) is 13.0 Å². The maximum absolute atomic E-state index is 12.8. The molecule has 6 nitrogen and oxygen atoms in total. The predicted molar refractivity (Wildman–Crippen MR) is 64.5 cm³/mol. The van der Waals surface area contributed by atoms with Crippen LogP contribution in [0.4, 0.5) is 13.2 Å². The third-order valence-corrected chi connectivity index (χ3v) is 3.04. The van der Waals surface area contributed by atoms with Crippen molar-refractivity contribution >= 4 is 5.91 Å². The Morgan fingerprint density at radius 3 is 2.95 bits per heavy atom. The van der Waals surface area contributed by atoms with Gasteiger partial charge >= 0.3 is 6.18 Å². The Balaban J connectivity index is 2.03. The topological polar surface area (TPSA) is 64.5 Å². The van der Waals surface area contributed by atoms with E-state index in [2.05, 4.69) is 10.2 Å². The monoisotopic (exact) mass is 305 g/mol. The fraction of sp³-hybridized carbons (Fsp3) is 0.583. The number of nitrogens with zero attached hydrogens (tertiary/aromatic N) is 3. The molecule has 0 spiro atoms. The van der Waals surface area contributed by atoms with Crippen molar-refractivity contribution in [1.29, 1.82) is 0 Å². The molecule has 0 radical (unpaired) electrons. The molecule has 2 heterocycles. The van der Waals surface area contributed by atoms with Crippen molar-refractivity contribution < 1.29 is 27.4 Å². The zero-order valence-corrected chi connectivity index (χ0v) is 11.3. The highest BCUT2D eigenvalue weighted by Crippen LogP contribution is 2.35. The van der Waals surface area contributed by atoms with Gasteiger partial charge in [-0.3, -0.25) is 4.79 Å². The molecule has 116 valence electrons. The standard InChI is InChI=1S/C12H14F3N3O3/c1-20-7-10(19)18-5-3-8(6-18)21-11-9(12(13,14)15)2-4-16-17-11/h2,4,8H,3,5-7H2,1H3/t8-/m0/s1. The van der Waals surface area contributed by atoms with E-state index in [0.717, 1.165) is 12.3 Å². The van der Waals surface area contributed by atoms with Crippen LogP contribution in [0.3, 0.4) is 0 Å². The van der Waals surface area contributed by atoms with Gasteiger partial charge in [0.2, 0.25) is 11.8 Å². The zero-order valence-electron chi connectivity index (χ0n) is 11.3. The van der Waals surface area contributed by atoms with E-state index in [1.807, 2.05) is 0 Å². The van der Waals surface area contributed by atoms with Gasteiger partial charge in [0.25, 0.3) is 0 Å². The van der Waals surface area contributed by atoms with E-state index in [1.54, 1.807) is 0 Å². The Bertz CT molecular complexity index is 510. The van der Waals surface area contributed by atoms with Crippen LogP contribution >= 0.6 is 0 Å². The third-order valence-electron chi connectivity index (χ3n) is 3.04. The summed E-state index contributed by atoms with van der Waals surface area (Å²) in [4.78, 5) is 13.1. The summed E-state index contributed by atoms with van der Waals surface area (Å²) in [5.74, 6) is -0.783. The van der Waals surface area contributed by atoms with Gasteiger partial charge in [0.15, 0.2) is 0 Å². The van der Waals surface area contributed by atoms with Crippen molar-refractivity contribution in [1.82, 2.24) is 15.1 Å². The lowest BCUT2D eigenvalue weighted by molar-refractivity contribution is -0.140. The van der Waals surface area contributed by atoms with Crippen LogP contribution in [0.25, 0.3) is 0 Å². The van der Waals surface area contributed by atoms with E-state index in [-0.39, 0.29) is 19.1 Å². The SMILES string of the molecule is COCC(=O)N1CC[C@H](Oc2nnccc2C(F)(F)F)C1. The lowest BCUT2D eigenvalue weighted by Gasteiger charge is -2.18. The molecule has 0 unspecified atom stereocenters. The maximum atomic E-state index is 12.8. The molecule has 1 aromatic heterocycles. The summed E-state index contributed by atoms with van der Waals surface area (Å²) >= 11 is 0. The summed E-state index contributed by atoms with van der Waals surface area (Å²) < 4.78 is 48.4. The summed E-state index contributed by atoms with van der Waals surface area (Å²) in [5, 5.41) is 6.80. The fourth-order valence-corrected chi connectivity index (χ4v) is 2.05. The zero-order chi connectivity index (χ0) is 15.5. The number of aromatic nitrogens is 2. The Hall–Kier alpha value is -1.90. The van der Waals surface area contributed by atoms with Gasteiger partial charge in [-0.2, -0.15) is 18.3 Å². The van der Waals surface area contributed by atoms with Crippen LogP contribution in [0, 0.1) is 0 Å². The fourth-order valence-electron chi connectivity index (χ4n) is 2.05. The first kappa shape index (κ1) is 15.5. The van der Waals surface area contributed by atoms with Gasteiger partial charge in [0, 0.05) is 20.1 Å². The number of carbonyl (C=O) groups excluding carboxylic acids is 1. The molecule has 0 N–H and O–H groups in total. The van der Waals surface area contributed by atoms with Crippen LogP contribution in [0.5, 0.6) is 5.88 Å². The molecule has 9 heteroatoms. The minimum Gasteiger partial charge on any atom is -0.471 e. The van der Waals surface area contributed by atoms with Crippen molar-refractivity contribution in [2.75, 3.05) is 26.8 Å². The molecule has 2 rings (SSSR count). The second-order valence-corrected chi connectivity index (χ2v) is 4.55. The lowest BCUT2D eigenvalue weighted by Crippen LogP contribution is -2.33. The van der Waals surface area contributed by atoms with Gasteiger partial charge in [-0.25, -0.2) is 0 Å². The smallest absolute Gasteiger partial charge is 0.421 e. The van der Waals surface area contributed by atoms with Gasteiger partial charge in [0.05, 0.1) is 12.7 Å². The van der Waals surface area contributed by atoms with Gasteiger partial charge in [-0.1, -0.05) is 0 Å². The number of methoxy groups -OCH3 is 1. The normalized spacial score (nSPS) is 18.9. The second-order valence-electron chi connectivity index (χ2n) is 4.55. The molecule has 1 amide bonds. The number of rotatable bonds is 4. The predicted octanol–water partition coefficient (Wildman–Crippen LogP) is 1.12. The van der Waals surface area contributed by atoms with Crippen LogP contribution in [0.15, 0.2) is 12.3 Å². The highest BCUT2D eigenvalue weighted by atomic mass is 19.4. The average molecular weight is 305 g/mol. The first-order chi connectivity index (χ1) is 9.91. The molecule has 0 aromatic carbocycles. The van der Waals surface area contributed by atoms with E-state index in [9.17, 15) is 18.0 Å². The quantitative estimate of drug-likeness (QED) is 0.834. The average Bonchev–Trinajstić information content (AvgIpc) is 2.87. The molecule has 1 fully saturated rings. The van der Waals surface area contributed by atoms with E-state index in [4.69, 9.17) is 9.47 Å². The molecule has 1 aliphatic rings. The van der Waals surface area contributed by atoms with Crippen molar-refractivity contribution in [2.45, 2.75) is 18.7 Å². The van der Waals surface area contributed by atoms with Crippen LogP contribution < -0.4 is 4.74 Å². The van der Waals surface area contributed by atoms with Gasteiger partial charge in [-0.15, -0.1) is 5.10 Å². The first-order valence-corrected chi connectivity index (χ1v) is 6.24. The summed E-state index contributed by atoms with van der Waals surface area (Å²) in [5.41, 5.74) is -0.973. The molecule has 1 atom stereocenters. The van der Waals surface area contributed by atoms with E-state index in [1.165, 1.54) is 12.0 Å². The summed E-state index contributed by atoms with van der Waals surface area (Å²) in [6.07, 6.45) is -3.71. The van der Waals surface area contributed by atoms with Gasteiger partial charge < -0.3 is 14.4 Å². The largest absolute Gasteiger partial charge is 0.471 e. The highest BCUT2D eigenvalue weighted by Gasteiger charge is 2.37. The summed E-state index contributed by atoms with van der Waals surface area (Å²) in [6.45, 7) is 0.552. The molecule has 0 saturated carbocycles. The van der Waals surface area contributed by atoms with Gasteiger partial charge in [-0.05, 0) is 6.07 Å². The summed E-state index contributed by atoms with van der Waals surface area (Å²) in [6, 6.07) is 0.811. The van der Waals surface area contributed by atoms with Crippen molar-refractivity contribution in [2.24, 2.45) is 0 Å². The number of hydrogen-bond donors (Lipinski definition) is 0. The molecule has 0 bridgehead atoms. The number of amides is 1. The number of alkyl halides is 3. The van der Waals surface area contributed by atoms with Gasteiger partial charge in [0.1, 0.15) is 18.3 Å². The minimum absolute atomic E-state index is 0.0638. The number of likely N-dealkylation sites (tertiary alicyclic amines) is 1. The number of hydrogen-bond acceptors (Lipinski definition) is 5. The van der Waals surface area contributed by atoms with Crippen LogP contribution in [0.2, 0.25) is 0 Å². The Kier molecular flexibility index (Phi) is 4.61. The van der Waals surface area contributed by atoms with Crippen LogP contribution in [-0.2, 0) is 15.7 Å². The maximum Gasteiger partial charge on any atom is 0.421 e. The summed E-state index contributed by atoms with van der Waals surface area (Å²) in [7, 11) is 1.40. The Morgan fingerprint density at radius 2 is 2.29 bits per heavy atom. The van der Waals surface area contributed by atoms with Crippen LogP contribution in [0.1, 0.15) is 12.0 Å². The molecule has 0 aliphatic carbocycles. The molecule has 21 heavy (non-hydrogen) atoms. The third kappa shape index (κ3) is 3.81. The first-order valence-electron chi connectivity index (χ1n) is 6.24. The van der Waals surface area contributed by atoms with Crippen LogP contribution in [-0.4, -0.2) is 53.9 Å². The Morgan fingerprint density at radius 1 is 1.52 bits per heavy atom. The van der Waals surface area contributed by atoms with E-state index < -0.39 is 23.7 Å². The molecule has 1 saturated heterocycles. The van der Waals surface area contributed by atoms with Crippen molar-refractivity contribution in [3.63, 3.8) is 0 Å². The molecule has 1 aliphatic heterocycles. The molecular weight excluding hydrogens is 291 g/mol. The molecular formula is C12H14F3N3O3. The second kappa shape index (κ2) is 6.25. The number of halogens is 3.